The highest BCUT2D eigenvalue weighted by atomic mass is 32.1. The van der Waals surface area contributed by atoms with Crippen molar-refractivity contribution in [2.45, 2.75) is 134 Å². The number of fused-ring (bicyclic) bond motifs is 4. The lowest BCUT2D eigenvalue weighted by Crippen LogP contribution is -2.43. The number of aliphatic hydroxyl groups is 1. The van der Waals surface area contributed by atoms with Crippen molar-refractivity contribution in [1.29, 1.82) is 0 Å². The maximum atomic E-state index is 13.6. The van der Waals surface area contributed by atoms with Crippen LogP contribution in [-0.2, 0) is 45.5 Å². The van der Waals surface area contributed by atoms with Crippen LogP contribution >= 0.6 is 22.7 Å². The van der Waals surface area contributed by atoms with Gasteiger partial charge in [0.15, 0.2) is 8.32 Å². The van der Waals surface area contributed by atoms with Crippen LogP contribution in [0.25, 0.3) is 21.9 Å². The van der Waals surface area contributed by atoms with E-state index in [1.165, 1.54) is 50.9 Å². The molecule has 0 spiro atoms. The fraction of sp³-hybridized carbons (Fsp3) is 0.490. The molecule has 1 unspecified atom stereocenters. The normalized spacial score (nSPS) is 18.6. The van der Waals surface area contributed by atoms with Crippen LogP contribution in [-0.4, -0.2) is 76.2 Å². The van der Waals surface area contributed by atoms with Crippen molar-refractivity contribution in [3.05, 3.63) is 114 Å². The predicted molar refractivity (Wildman–Crippen MR) is 256 cm³/mol. The summed E-state index contributed by atoms with van der Waals surface area (Å²) in [5, 5.41) is 28.9. The second-order valence-corrected chi connectivity index (χ2v) is 26.2. The first kappa shape index (κ1) is 45.4. The van der Waals surface area contributed by atoms with Crippen molar-refractivity contribution in [3.63, 3.8) is 0 Å². The zero-order valence-electron chi connectivity index (χ0n) is 37.8. The highest BCUT2D eigenvalue weighted by Crippen LogP contribution is 2.42. The Labute approximate surface area is 379 Å². The van der Waals surface area contributed by atoms with Gasteiger partial charge in [0.2, 0.25) is 11.2 Å². The molecule has 0 bridgehead atoms. The number of phenols is 1. The zero-order chi connectivity index (χ0) is 44.7. The Balaban J connectivity index is 0.885. The largest absolute Gasteiger partial charge is 0.506 e. The average molecular weight is 910 g/mol. The highest BCUT2D eigenvalue weighted by molar-refractivity contribution is 7.13. The van der Waals surface area contributed by atoms with Crippen LogP contribution in [0.4, 0.5) is 0 Å². The molecule has 0 aliphatic heterocycles. The number of imidazole rings is 1. The van der Waals surface area contributed by atoms with E-state index in [0.29, 0.717) is 34.4 Å². The standard InChI is InChI=1S/C49H63N5O6S2Si/c1-31-14-22-43(62-31)49(58,42-13-9-26-61-42)47(57)59-34-17-15-33(16-18-34)53(5)24-10-25-54-30-51-39-27-32(35-11-8-12-38(35)46(39)54)28-50-29-41(60-63(6,7)48(2,3)4)36-19-21-40(55)45-37(36)20-23-44(56)52-45/h9,13-14,19-23,26-27,30,33-34,41,50,55,58H,8,10-12,15-18,24-25,28-29H2,1-7H3,(H,52,56)/t33?,34?,41?,49-/m0/s1. The van der Waals surface area contributed by atoms with Gasteiger partial charge in [0.05, 0.1) is 38.7 Å². The van der Waals surface area contributed by atoms with Gasteiger partial charge in [0.1, 0.15) is 11.9 Å². The van der Waals surface area contributed by atoms with Crippen molar-refractivity contribution in [3.8, 4) is 5.75 Å². The van der Waals surface area contributed by atoms with Crippen molar-refractivity contribution in [2.24, 2.45) is 0 Å². The quantitative estimate of drug-likeness (QED) is 0.0552. The number of esters is 1. The smallest absolute Gasteiger partial charge is 0.349 e. The number of aromatic nitrogens is 3. The van der Waals surface area contributed by atoms with E-state index in [2.05, 4.69) is 66.7 Å². The lowest BCUT2D eigenvalue weighted by Gasteiger charge is -2.39. The lowest BCUT2D eigenvalue weighted by atomic mass is 9.91. The third-order valence-electron chi connectivity index (χ3n) is 13.9. The summed E-state index contributed by atoms with van der Waals surface area (Å²) in [5.74, 6) is -0.530. The maximum absolute atomic E-state index is 13.6. The minimum absolute atomic E-state index is 0.00533. The van der Waals surface area contributed by atoms with Crippen molar-refractivity contribution < 1.29 is 24.2 Å². The molecule has 2 aliphatic rings. The first-order chi connectivity index (χ1) is 30.0. The SMILES string of the molecule is Cc1ccc([C@](O)(C(=O)OC2CCC(N(C)CCCn3cnc4cc(CNCC(O[Si](C)(C)C(C)(C)C)c5ccc(O)c6[nH]c(=O)ccc56)c5c(c43)CCC5)CC2)c2cccs2)s1. The van der Waals surface area contributed by atoms with Gasteiger partial charge < -0.3 is 39.1 Å². The van der Waals surface area contributed by atoms with Gasteiger partial charge in [0, 0.05) is 42.0 Å². The summed E-state index contributed by atoms with van der Waals surface area (Å²) in [4.78, 5) is 38.3. The van der Waals surface area contributed by atoms with Gasteiger partial charge in [-0.05, 0) is 154 Å². The Morgan fingerprint density at radius 3 is 2.56 bits per heavy atom. The van der Waals surface area contributed by atoms with Gasteiger partial charge >= 0.3 is 5.97 Å². The number of pyridine rings is 1. The Bertz CT molecular complexity index is 2620. The van der Waals surface area contributed by atoms with E-state index in [1.54, 1.807) is 18.2 Å². The summed E-state index contributed by atoms with van der Waals surface area (Å²) in [6, 6.07) is 17.0. The van der Waals surface area contributed by atoms with E-state index in [9.17, 15) is 19.8 Å². The molecule has 336 valence electrons. The van der Waals surface area contributed by atoms with Crippen molar-refractivity contribution in [1.82, 2.24) is 24.8 Å². The number of ether oxygens (including phenoxy) is 1. The zero-order valence-corrected chi connectivity index (χ0v) is 40.4. The second kappa shape index (κ2) is 18.4. The van der Waals surface area contributed by atoms with Gasteiger partial charge in [0.25, 0.3) is 0 Å². The fourth-order valence-electron chi connectivity index (χ4n) is 9.35. The van der Waals surface area contributed by atoms with Gasteiger partial charge in [-0.3, -0.25) is 4.79 Å². The Morgan fingerprint density at radius 1 is 1.06 bits per heavy atom. The minimum Gasteiger partial charge on any atom is -0.506 e. The van der Waals surface area contributed by atoms with Crippen LogP contribution in [0.1, 0.15) is 102 Å². The number of hydrogen-bond acceptors (Lipinski definition) is 11. The molecule has 11 nitrogen and oxygen atoms in total. The number of carbonyl (C=O) groups excluding carboxylic acids is 1. The Hall–Kier alpha value is -4.15. The van der Waals surface area contributed by atoms with Gasteiger partial charge in [-0.2, -0.15) is 0 Å². The van der Waals surface area contributed by atoms with Gasteiger partial charge in [-0.25, -0.2) is 9.78 Å². The molecule has 1 fully saturated rings. The van der Waals surface area contributed by atoms with E-state index in [1.807, 2.05) is 42.9 Å². The molecule has 14 heteroatoms. The van der Waals surface area contributed by atoms with Gasteiger partial charge in [-0.1, -0.05) is 32.9 Å². The number of rotatable bonds is 16. The van der Waals surface area contributed by atoms with Gasteiger partial charge in [-0.15, -0.1) is 22.7 Å². The van der Waals surface area contributed by atoms with E-state index in [4.69, 9.17) is 14.1 Å². The third-order valence-corrected chi connectivity index (χ3v) is 20.5. The topological polar surface area (TPSA) is 142 Å². The van der Waals surface area contributed by atoms with Crippen LogP contribution in [0, 0.1) is 6.92 Å². The number of carbonyl (C=O) groups is 1. The van der Waals surface area contributed by atoms with E-state index >= 15 is 0 Å². The molecule has 0 saturated heterocycles. The molecule has 4 aromatic heterocycles. The van der Waals surface area contributed by atoms with Crippen LogP contribution in [0.15, 0.2) is 71.1 Å². The highest BCUT2D eigenvalue weighted by Gasteiger charge is 2.45. The lowest BCUT2D eigenvalue weighted by molar-refractivity contribution is -0.169. The molecular weight excluding hydrogens is 847 g/mol. The molecule has 6 aromatic rings. The summed E-state index contributed by atoms with van der Waals surface area (Å²) in [6.07, 6.45) is 9.18. The number of benzene rings is 2. The maximum Gasteiger partial charge on any atom is 0.349 e. The number of hydrogen-bond donors (Lipinski definition) is 4. The molecule has 2 atom stereocenters. The summed E-state index contributed by atoms with van der Waals surface area (Å²) < 4.78 is 15.5. The number of H-pyrrole nitrogens is 1. The summed E-state index contributed by atoms with van der Waals surface area (Å²) in [7, 11) is -0.00600. The first-order valence-electron chi connectivity index (χ1n) is 22.5. The van der Waals surface area contributed by atoms with Crippen LogP contribution < -0.4 is 10.9 Å². The summed E-state index contributed by atoms with van der Waals surface area (Å²) in [5.41, 5.74) is 5.78. The van der Waals surface area contributed by atoms with E-state index < -0.39 is 19.9 Å². The molecule has 63 heavy (non-hydrogen) atoms. The number of nitrogens with zero attached hydrogens (tertiary/aromatic N) is 3. The molecule has 2 aromatic carbocycles. The number of aryl methyl sites for hydroxylation is 3. The number of phenolic OH excluding ortho intramolecular Hbond substituents is 1. The number of thiophene rings is 2. The van der Waals surface area contributed by atoms with Crippen LogP contribution in [0.3, 0.4) is 0 Å². The summed E-state index contributed by atoms with van der Waals surface area (Å²) >= 11 is 2.80. The van der Waals surface area contributed by atoms with Crippen molar-refractivity contribution >= 4 is 58.9 Å². The Morgan fingerprint density at radius 2 is 1.84 bits per heavy atom. The number of nitrogens with one attached hydrogen (secondary N) is 2. The second-order valence-electron chi connectivity index (χ2n) is 19.2. The average Bonchev–Trinajstić information content (AvgIpc) is 4.09. The van der Waals surface area contributed by atoms with Crippen LogP contribution in [0.5, 0.6) is 5.75 Å². The molecular formula is C49H63N5O6S2Si. The molecule has 4 N–H and O–H groups in total. The van der Waals surface area contributed by atoms with Crippen LogP contribution in [0.2, 0.25) is 18.1 Å². The molecule has 0 amide bonds. The molecule has 8 rings (SSSR count). The monoisotopic (exact) mass is 909 g/mol. The van der Waals surface area contributed by atoms with Crippen molar-refractivity contribution in [2.75, 3.05) is 20.1 Å². The molecule has 1 saturated carbocycles. The first-order valence-corrected chi connectivity index (χ1v) is 27.1. The Kier molecular flexibility index (Phi) is 13.3. The number of aromatic amines is 1. The van der Waals surface area contributed by atoms with E-state index in [0.717, 1.165) is 85.8 Å². The molecule has 4 heterocycles. The number of aromatic hydroxyl groups is 1. The minimum atomic E-state index is -2.22. The molecule has 0 radical (unpaired) electrons. The molecule has 2 aliphatic carbocycles. The summed E-state index contributed by atoms with van der Waals surface area (Å²) in [6.45, 7) is 16.3. The fourth-order valence-corrected chi connectivity index (χ4v) is 12.5. The predicted octanol–water partition coefficient (Wildman–Crippen LogP) is 9.47. The third kappa shape index (κ3) is 9.36. The van der Waals surface area contributed by atoms with E-state index in [-0.39, 0.29) is 28.6 Å².